The second-order valence-corrected chi connectivity index (χ2v) is 5.05. The molecule has 0 saturated carbocycles. The molecular formula is C20H14O6. The summed E-state index contributed by atoms with van der Waals surface area (Å²) in [5, 5.41) is 0. The van der Waals surface area contributed by atoms with E-state index in [1.807, 2.05) is 0 Å². The molecule has 0 saturated heterocycles. The van der Waals surface area contributed by atoms with Crippen molar-refractivity contribution in [2.75, 3.05) is 0 Å². The van der Waals surface area contributed by atoms with Gasteiger partial charge in [0.25, 0.3) is 12.9 Å². The standard InChI is InChI=1S/C20H14O6/c21-13-23-15-1-5-17(6-2-15)25-19-9-11-20(12-10-19)26-18-7-3-16(4-8-18)24-14-22/h1-14H. The van der Waals surface area contributed by atoms with E-state index in [9.17, 15) is 9.59 Å². The number of hydrogen-bond donors (Lipinski definition) is 0. The average molecular weight is 350 g/mol. The van der Waals surface area contributed by atoms with Crippen molar-refractivity contribution in [1.82, 2.24) is 0 Å². The Balaban J connectivity index is 1.60. The molecule has 6 heteroatoms. The van der Waals surface area contributed by atoms with E-state index in [0.29, 0.717) is 47.4 Å². The zero-order valence-electron chi connectivity index (χ0n) is 13.5. The van der Waals surface area contributed by atoms with Gasteiger partial charge in [0.15, 0.2) is 0 Å². The third kappa shape index (κ3) is 4.61. The van der Waals surface area contributed by atoms with Gasteiger partial charge in [-0.15, -0.1) is 0 Å². The topological polar surface area (TPSA) is 71.1 Å². The van der Waals surface area contributed by atoms with Crippen molar-refractivity contribution in [3.05, 3.63) is 72.8 Å². The number of ether oxygens (including phenoxy) is 4. The summed E-state index contributed by atoms with van der Waals surface area (Å²) in [5.74, 6) is 3.39. The molecule has 0 fully saturated rings. The molecule has 130 valence electrons. The highest BCUT2D eigenvalue weighted by molar-refractivity contribution is 5.47. The molecule has 0 radical (unpaired) electrons. The van der Waals surface area contributed by atoms with Gasteiger partial charge >= 0.3 is 0 Å². The lowest BCUT2D eigenvalue weighted by Crippen LogP contribution is -1.90. The second kappa shape index (κ2) is 8.34. The van der Waals surface area contributed by atoms with Crippen molar-refractivity contribution in [3.63, 3.8) is 0 Å². The van der Waals surface area contributed by atoms with E-state index < -0.39 is 0 Å². The summed E-state index contributed by atoms with van der Waals surface area (Å²) in [7, 11) is 0. The SMILES string of the molecule is O=COc1ccc(Oc2ccc(Oc3ccc(OC=O)cc3)cc2)cc1. The molecule has 3 aromatic rings. The van der Waals surface area contributed by atoms with E-state index in [2.05, 4.69) is 0 Å². The molecule has 6 nitrogen and oxygen atoms in total. The van der Waals surface area contributed by atoms with Crippen LogP contribution in [0.3, 0.4) is 0 Å². The zero-order chi connectivity index (χ0) is 18.2. The van der Waals surface area contributed by atoms with Crippen LogP contribution in [0.2, 0.25) is 0 Å². The van der Waals surface area contributed by atoms with Crippen molar-refractivity contribution in [1.29, 1.82) is 0 Å². The molecule has 0 aromatic heterocycles. The highest BCUT2D eigenvalue weighted by Crippen LogP contribution is 2.28. The first kappa shape index (κ1) is 17.0. The number of carbonyl (C=O) groups excluding carboxylic acids is 2. The van der Waals surface area contributed by atoms with E-state index in [1.165, 1.54) is 0 Å². The summed E-state index contributed by atoms with van der Waals surface area (Å²) in [4.78, 5) is 20.5. The highest BCUT2D eigenvalue weighted by atomic mass is 16.5. The van der Waals surface area contributed by atoms with E-state index in [4.69, 9.17) is 18.9 Å². The Kier molecular flexibility index (Phi) is 5.47. The maximum atomic E-state index is 10.3. The van der Waals surface area contributed by atoms with E-state index in [1.54, 1.807) is 72.8 Å². The monoisotopic (exact) mass is 350 g/mol. The van der Waals surface area contributed by atoms with Gasteiger partial charge in [-0.2, -0.15) is 0 Å². The Bertz CT molecular complexity index is 780. The van der Waals surface area contributed by atoms with Gasteiger partial charge in [-0.1, -0.05) is 0 Å². The summed E-state index contributed by atoms with van der Waals surface area (Å²) >= 11 is 0. The van der Waals surface area contributed by atoms with Gasteiger partial charge in [0.2, 0.25) is 0 Å². The molecule has 0 spiro atoms. The van der Waals surface area contributed by atoms with Crippen LogP contribution in [0.4, 0.5) is 0 Å². The molecule has 0 aliphatic heterocycles. The van der Waals surface area contributed by atoms with Gasteiger partial charge in [-0.05, 0) is 72.8 Å². The molecule has 0 heterocycles. The molecule has 0 aliphatic rings. The Labute approximate surface area is 149 Å². The second-order valence-electron chi connectivity index (χ2n) is 5.05. The summed E-state index contributed by atoms with van der Waals surface area (Å²) in [6, 6.07) is 20.4. The Morgan fingerprint density at radius 2 is 0.654 bits per heavy atom. The third-order valence-electron chi connectivity index (χ3n) is 3.31. The van der Waals surface area contributed by atoms with Crippen LogP contribution in [0.15, 0.2) is 72.8 Å². The summed E-state index contributed by atoms with van der Waals surface area (Å²) in [6.45, 7) is 0.745. The van der Waals surface area contributed by atoms with Gasteiger partial charge < -0.3 is 18.9 Å². The highest BCUT2D eigenvalue weighted by Gasteiger charge is 2.02. The smallest absolute Gasteiger partial charge is 0.298 e. The number of carbonyl (C=O) groups is 2. The fourth-order valence-electron chi connectivity index (χ4n) is 2.13. The predicted molar refractivity (Wildman–Crippen MR) is 92.9 cm³/mol. The molecule has 0 unspecified atom stereocenters. The number of hydrogen-bond acceptors (Lipinski definition) is 6. The van der Waals surface area contributed by atoms with E-state index >= 15 is 0 Å². The fraction of sp³-hybridized carbons (Fsp3) is 0. The van der Waals surface area contributed by atoms with Crippen LogP contribution < -0.4 is 18.9 Å². The summed E-state index contributed by atoms with van der Waals surface area (Å²) < 4.78 is 20.9. The minimum absolute atomic E-state index is 0.372. The van der Waals surface area contributed by atoms with E-state index in [0.717, 1.165) is 0 Å². The maximum Gasteiger partial charge on any atom is 0.298 e. The minimum atomic E-state index is 0.372. The molecular weight excluding hydrogens is 336 g/mol. The fourth-order valence-corrected chi connectivity index (χ4v) is 2.13. The Morgan fingerprint density at radius 3 is 0.885 bits per heavy atom. The predicted octanol–water partition coefficient (Wildman–Crippen LogP) is 4.34. The molecule has 0 aliphatic carbocycles. The Morgan fingerprint density at radius 1 is 0.423 bits per heavy atom. The van der Waals surface area contributed by atoms with Gasteiger partial charge in [-0.25, -0.2) is 0 Å². The normalized spacial score (nSPS) is 9.85. The maximum absolute atomic E-state index is 10.3. The van der Waals surface area contributed by atoms with Crippen LogP contribution in [0.1, 0.15) is 0 Å². The van der Waals surface area contributed by atoms with E-state index in [-0.39, 0.29) is 0 Å². The van der Waals surface area contributed by atoms with Gasteiger partial charge in [0.05, 0.1) is 0 Å². The third-order valence-corrected chi connectivity index (χ3v) is 3.31. The van der Waals surface area contributed by atoms with Crippen LogP contribution >= 0.6 is 0 Å². The molecule has 26 heavy (non-hydrogen) atoms. The van der Waals surface area contributed by atoms with Crippen molar-refractivity contribution >= 4 is 12.9 Å². The molecule has 0 bridgehead atoms. The molecule has 3 rings (SSSR count). The van der Waals surface area contributed by atoms with Crippen LogP contribution in [0.25, 0.3) is 0 Å². The van der Waals surface area contributed by atoms with Crippen LogP contribution in [-0.2, 0) is 9.59 Å². The number of benzene rings is 3. The van der Waals surface area contributed by atoms with Gasteiger partial charge in [0, 0.05) is 0 Å². The van der Waals surface area contributed by atoms with Crippen LogP contribution in [0, 0.1) is 0 Å². The minimum Gasteiger partial charge on any atom is -0.457 e. The largest absolute Gasteiger partial charge is 0.457 e. The first-order chi connectivity index (χ1) is 12.8. The van der Waals surface area contributed by atoms with Gasteiger partial charge in [0.1, 0.15) is 34.5 Å². The van der Waals surface area contributed by atoms with Crippen molar-refractivity contribution in [3.8, 4) is 34.5 Å². The van der Waals surface area contributed by atoms with Gasteiger partial charge in [-0.3, -0.25) is 9.59 Å². The molecule has 0 amide bonds. The van der Waals surface area contributed by atoms with Crippen LogP contribution in [-0.4, -0.2) is 12.9 Å². The lowest BCUT2D eigenvalue weighted by atomic mass is 10.3. The lowest BCUT2D eigenvalue weighted by Gasteiger charge is -2.09. The molecule has 0 atom stereocenters. The van der Waals surface area contributed by atoms with Crippen molar-refractivity contribution in [2.45, 2.75) is 0 Å². The molecule has 0 N–H and O–H groups in total. The van der Waals surface area contributed by atoms with Crippen molar-refractivity contribution < 1.29 is 28.5 Å². The quantitative estimate of drug-likeness (QED) is 0.563. The Hall–Kier alpha value is -3.80. The molecule has 3 aromatic carbocycles. The summed E-state index contributed by atoms with van der Waals surface area (Å²) in [6.07, 6.45) is 0. The first-order valence-corrected chi connectivity index (χ1v) is 7.63. The summed E-state index contributed by atoms with van der Waals surface area (Å²) in [5.41, 5.74) is 0. The van der Waals surface area contributed by atoms with Crippen molar-refractivity contribution in [2.24, 2.45) is 0 Å². The first-order valence-electron chi connectivity index (χ1n) is 7.63. The number of rotatable bonds is 8. The average Bonchev–Trinajstić information content (AvgIpc) is 2.67. The zero-order valence-corrected chi connectivity index (χ0v) is 13.5. The lowest BCUT2D eigenvalue weighted by molar-refractivity contribution is -0.121. The van der Waals surface area contributed by atoms with Crippen LogP contribution in [0.5, 0.6) is 34.5 Å².